The summed E-state index contributed by atoms with van der Waals surface area (Å²) in [4.78, 5) is 26.7. The van der Waals surface area contributed by atoms with Gasteiger partial charge in [0, 0.05) is 22.4 Å². The maximum atomic E-state index is 13.5. The van der Waals surface area contributed by atoms with Crippen LogP contribution in [-0.4, -0.2) is 18.8 Å². The fourth-order valence-corrected chi connectivity index (χ4v) is 4.58. The fourth-order valence-electron chi connectivity index (χ4n) is 3.89. The molecule has 6 nitrogen and oxygen atoms in total. The molecule has 1 heterocycles. The van der Waals surface area contributed by atoms with Crippen LogP contribution < -0.4 is 10.7 Å². The monoisotopic (exact) mass is 480 g/mol. The molecule has 1 aromatic heterocycles. The second-order valence-electron chi connectivity index (χ2n) is 7.64. The van der Waals surface area contributed by atoms with E-state index in [1.54, 1.807) is 37.3 Å². The van der Waals surface area contributed by atoms with Gasteiger partial charge in [-0.15, -0.1) is 0 Å². The number of sulfonamides is 1. The van der Waals surface area contributed by atoms with E-state index in [9.17, 15) is 18.0 Å². The number of hydrogen-bond donors (Lipinski definition) is 1. The summed E-state index contributed by atoms with van der Waals surface area (Å²) in [5, 5.41) is 6.69. The Hall–Kier alpha value is -3.26. The molecule has 4 rings (SSSR count). The first kappa shape index (κ1) is 22.9. The molecule has 0 atom stereocenters. The third-order valence-corrected chi connectivity index (χ3v) is 6.64. The lowest BCUT2D eigenvalue weighted by molar-refractivity contribution is 0.0979. The number of carbonyl (C=O) groups excluding carboxylic acids is 1. The van der Waals surface area contributed by atoms with Crippen molar-refractivity contribution in [2.45, 2.75) is 24.8 Å². The summed E-state index contributed by atoms with van der Waals surface area (Å²) in [6.07, 6.45) is 0.204. The van der Waals surface area contributed by atoms with Gasteiger partial charge in [-0.2, -0.15) is 0 Å². The molecule has 0 bridgehead atoms. The van der Waals surface area contributed by atoms with E-state index in [4.69, 9.17) is 16.7 Å². The van der Waals surface area contributed by atoms with E-state index in [1.165, 1.54) is 16.7 Å². The molecule has 0 saturated carbocycles. The number of ketones is 1. The van der Waals surface area contributed by atoms with Crippen LogP contribution in [0.4, 0.5) is 0 Å². The Morgan fingerprint density at radius 3 is 2.24 bits per heavy atom. The second-order valence-corrected chi connectivity index (χ2v) is 9.63. The van der Waals surface area contributed by atoms with Gasteiger partial charge in [0.25, 0.3) is 5.56 Å². The van der Waals surface area contributed by atoms with Gasteiger partial charge in [-0.05, 0) is 46.8 Å². The summed E-state index contributed by atoms with van der Waals surface area (Å²) in [5.41, 5.74) is 2.05. The molecule has 0 aliphatic heterocycles. The number of hydrogen-bond acceptors (Lipinski definition) is 4. The van der Waals surface area contributed by atoms with E-state index >= 15 is 0 Å². The van der Waals surface area contributed by atoms with Gasteiger partial charge in [-0.3, -0.25) is 14.2 Å². The molecule has 0 spiro atoms. The van der Waals surface area contributed by atoms with Crippen LogP contribution in [0.15, 0.2) is 82.5 Å². The minimum Gasteiger partial charge on any atom is -0.300 e. The van der Waals surface area contributed by atoms with Crippen molar-refractivity contribution in [2.24, 2.45) is 5.14 Å². The smallest absolute Gasteiger partial charge is 0.259 e. The average Bonchev–Trinajstić information content (AvgIpc) is 2.80. The highest BCUT2D eigenvalue weighted by Crippen LogP contribution is 2.33. The number of aromatic nitrogens is 1. The Morgan fingerprint density at radius 2 is 1.64 bits per heavy atom. The summed E-state index contributed by atoms with van der Waals surface area (Å²) >= 11 is 6.26. The zero-order chi connectivity index (χ0) is 23.8. The topological polar surface area (TPSA) is 99.2 Å². The third-order valence-electron chi connectivity index (χ3n) is 5.47. The van der Waals surface area contributed by atoms with Crippen molar-refractivity contribution in [3.63, 3.8) is 0 Å². The molecule has 168 valence electrons. The van der Waals surface area contributed by atoms with Crippen LogP contribution in [-0.2, 0) is 16.6 Å². The number of halogens is 1. The predicted molar refractivity (Wildman–Crippen MR) is 130 cm³/mol. The van der Waals surface area contributed by atoms with Crippen LogP contribution in [0.25, 0.3) is 21.9 Å². The Balaban J connectivity index is 2.03. The minimum absolute atomic E-state index is 0.0263. The predicted octanol–water partition coefficient (Wildman–Crippen LogP) is 4.61. The van der Waals surface area contributed by atoms with Crippen LogP contribution in [0.3, 0.4) is 0 Å². The van der Waals surface area contributed by atoms with Gasteiger partial charge in [0.2, 0.25) is 10.0 Å². The minimum atomic E-state index is -3.84. The van der Waals surface area contributed by atoms with E-state index in [0.717, 1.165) is 5.56 Å². The zero-order valence-corrected chi connectivity index (χ0v) is 19.4. The van der Waals surface area contributed by atoms with Crippen molar-refractivity contribution in [2.75, 3.05) is 0 Å². The number of Topliss-reactive ketones (excluding diaryl/α,β-unsaturated/α-hetero) is 1. The molecule has 0 unspecified atom stereocenters. The van der Waals surface area contributed by atoms with Crippen molar-refractivity contribution in [1.29, 1.82) is 0 Å². The molecule has 0 aliphatic rings. The summed E-state index contributed by atoms with van der Waals surface area (Å²) in [6, 6.07) is 20.3. The summed E-state index contributed by atoms with van der Waals surface area (Å²) in [5.74, 6) is -0.186. The standard InChI is InChI=1S/C25H21ClN2O4S/c1-2-22(29)24-23(17-6-4-3-5-7-17)21-14-18(26)10-13-20(21)25(30)28(24)15-16-8-11-19(12-9-16)33(27,31)32/h3-14H,2,15H2,1H3,(H2,27,31,32). The lowest BCUT2D eigenvalue weighted by Crippen LogP contribution is -2.28. The largest absolute Gasteiger partial charge is 0.300 e. The summed E-state index contributed by atoms with van der Waals surface area (Å²) < 4.78 is 24.6. The molecule has 0 aliphatic carbocycles. The molecule has 2 N–H and O–H groups in total. The first-order chi connectivity index (χ1) is 15.7. The van der Waals surface area contributed by atoms with Crippen LogP contribution >= 0.6 is 11.6 Å². The first-order valence-electron chi connectivity index (χ1n) is 10.3. The molecule has 33 heavy (non-hydrogen) atoms. The van der Waals surface area contributed by atoms with Crippen molar-refractivity contribution < 1.29 is 13.2 Å². The van der Waals surface area contributed by atoms with E-state index < -0.39 is 10.0 Å². The molecule has 8 heteroatoms. The molecular formula is C25H21ClN2O4S. The fraction of sp³-hybridized carbons (Fsp3) is 0.120. The first-order valence-corrected chi connectivity index (χ1v) is 12.2. The maximum Gasteiger partial charge on any atom is 0.259 e. The van der Waals surface area contributed by atoms with Crippen molar-refractivity contribution >= 4 is 38.2 Å². The Morgan fingerprint density at radius 1 is 0.970 bits per heavy atom. The normalized spacial score (nSPS) is 11.6. The van der Waals surface area contributed by atoms with Gasteiger partial charge in [0.1, 0.15) is 0 Å². The average molecular weight is 481 g/mol. The number of primary sulfonamides is 1. The van der Waals surface area contributed by atoms with Crippen LogP contribution in [0, 0.1) is 0 Å². The molecule has 0 fully saturated rings. The molecular weight excluding hydrogens is 460 g/mol. The number of pyridine rings is 1. The van der Waals surface area contributed by atoms with Gasteiger partial charge in [-0.1, -0.05) is 61.0 Å². The van der Waals surface area contributed by atoms with Gasteiger partial charge < -0.3 is 0 Å². The van der Waals surface area contributed by atoms with E-state index in [1.807, 2.05) is 30.3 Å². The van der Waals surface area contributed by atoms with Crippen molar-refractivity contribution in [3.8, 4) is 11.1 Å². The lowest BCUT2D eigenvalue weighted by Gasteiger charge is -2.19. The van der Waals surface area contributed by atoms with Gasteiger partial charge in [0.15, 0.2) is 5.78 Å². The Kier molecular flexibility index (Phi) is 6.21. The highest BCUT2D eigenvalue weighted by molar-refractivity contribution is 7.89. The SMILES string of the molecule is CCC(=O)c1c(-c2ccccc2)c2cc(Cl)ccc2c(=O)n1Cc1ccc(S(N)(=O)=O)cc1. The molecule has 0 saturated heterocycles. The van der Waals surface area contributed by atoms with Gasteiger partial charge >= 0.3 is 0 Å². The number of fused-ring (bicyclic) bond motifs is 1. The van der Waals surface area contributed by atoms with Gasteiger partial charge in [-0.25, -0.2) is 13.6 Å². The lowest BCUT2D eigenvalue weighted by atomic mass is 9.94. The van der Waals surface area contributed by atoms with Gasteiger partial charge in [0.05, 0.1) is 17.1 Å². The Bertz CT molecular complexity index is 1530. The quantitative estimate of drug-likeness (QED) is 0.407. The van der Waals surface area contributed by atoms with Crippen LogP contribution in [0.1, 0.15) is 29.4 Å². The summed E-state index contributed by atoms with van der Waals surface area (Å²) in [6.45, 7) is 1.83. The summed E-state index contributed by atoms with van der Waals surface area (Å²) in [7, 11) is -3.84. The highest BCUT2D eigenvalue weighted by Gasteiger charge is 2.23. The second kappa shape index (κ2) is 8.94. The van der Waals surface area contributed by atoms with Crippen molar-refractivity contribution in [1.82, 2.24) is 4.57 Å². The highest BCUT2D eigenvalue weighted by atomic mass is 35.5. The molecule has 0 amide bonds. The number of benzene rings is 3. The number of nitrogens with zero attached hydrogens (tertiary/aromatic N) is 1. The van der Waals surface area contributed by atoms with Crippen molar-refractivity contribution in [3.05, 3.63) is 99.4 Å². The van der Waals surface area contributed by atoms with E-state index in [-0.39, 0.29) is 29.2 Å². The molecule has 4 aromatic rings. The third kappa shape index (κ3) is 4.48. The number of carbonyl (C=O) groups is 1. The van der Waals surface area contributed by atoms with Crippen LogP contribution in [0.5, 0.6) is 0 Å². The maximum absolute atomic E-state index is 13.5. The van der Waals surface area contributed by atoms with Crippen LogP contribution in [0.2, 0.25) is 5.02 Å². The van der Waals surface area contributed by atoms with E-state index in [2.05, 4.69) is 0 Å². The molecule has 0 radical (unpaired) electrons. The van der Waals surface area contributed by atoms with E-state index in [0.29, 0.717) is 32.6 Å². The zero-order valence-electron chi connectivity index (χ0n) is 17.8. The Labute approximate surface area is 196 Å². The number of rotatable bonds is 6. The number of nitrogens with two attached hydrogens (primary N) is 1. The molecule has 3 aromatic carbocycles.